The van der Waals surface area contributed by atoms with Crippen molar-refractivity contribution in [1.82, 2.24) is 0 Å². The van der Waals surface area contributed by atoms with Crippen LogP contribution in [-0.2, 0) is 51.8 Å². The van der Waals surface area contributed by atoms with E-state index in [4.69, 9.17) is 35.3 Å². The molecule has 0 radical (unpaired) electrons. The monoisotopic (exact) mass is 780 g/mol. The third-order valence-corrected chi connectivity index (χ3v) is 11.5. The van der Waals surface area contributed by atoms with Gasteiger partial charge in [0.2, 0.25) is 0 Å². The molecule has 0 aliphatic carbocycles. The van der Waals surface area contributed by atoms with Crippen LogP contribution in [0.15, 0.2) is 164 Å². The Labute approximate surface area is 338 Å². The molecule has 1 fully saturated rings. The molecule has 0 bridgehead atoms. The molecule has 1 aromatic heterocycles. The lowest BCUT2D eigenvalue weighted by Gasteiger charge is -2.42. The molecule has 8 rings (SSSR count). The average Bonchev–Trinajstić information content (AvgIpc) is 3.66. The molecule has 2 heterocycles. The summed E-state index contributed by atoms with van der Waals surface area (Å²) in [6, 6.07) is 55.8. The number of ether oxygens (including phenoxy) is 5. The van der Waals surface area contributed by atoms with Gasteiger partial charge in [0, 0.05) is 33.0 Å². The van der Waals surface area contributed by atoms with Crippen LogP contribution >= 0.6 is 22.9 Å². The Morgan fingerprint density at radius 3 is 1.82 bits per heavy atom. The van der Waals surface area contributed by atoms with Crippen LogP contribution in [0.25, 0.3) is 10.1 Å². The topological polar surface area (TPSA) is 46.2 Å². The zero-order chi connectivity index (χ0) is 37.9. The van der Waals surface area contributed by atoms with Crippen LogP contribution in [0.3, 0.4) is 0 Å². The van der Waals surface area contributed by atoms with Gasteiger partial charge in [-0.2, -0.15) is 0 Å². The number of hydrogen-bond acceptors (Lipinski definition) is 6. The highest BCUT2D eigenvalue weighted by Crippen LogP contribution is 2.43. The first-order valence-corrected chi connectivity index (χ1v) is 20.4. The summed E-state index contributed by atoms with van der Waals surface area (Å²) in [7, 11) is 0. The minimum Gasteiger partial charge on any atom is -0.488 e. The number of benzene rings is 6. The summed E-state index contributed by atoms with van der Waals surface area (Å²) in [5.74, 6) is 0.657. The molecular weight excluding hydrogens is 736 g/mol. The Balaban J connectivity index is 1.17. The number of thiophene rings is 1. The molecule has 6 aromatic carbocycles. The SMILES string of the molecule is Clc1cc(OCc2ccccc2)c([C@@H]2O[C@H](COCc3ccccc3)C[C@H](OCc3ccccc3)[C@@H]2OCc2ccccc2)cc1Cc1cc2ccccc2s1. The molecule has 56 heavy (non-hydrogen) atoms. The van der Waals surface area contributed by atoms with Crippen molar-refractivity contribution in [3.63, 3.8) is 0 Å². The van der Waals surface area contributed by atoms with Crippen LogP contribution in [0.1, 0.15) is 50.8 Å². The van der Waals surface area contributed by atoms with Crippen molar-refractivity contribution in [2.45, 2.75) is 63.7 Å². The first-order valence-electron chi connectivity index (χ1n) is 19.2. The summed E-state index contributed by atoms with van der Waals surface area (Å²) in [5.41, 5.74) is 6.21. The summed E-state index contributed by atoms with van der Waals surface area (Å²) in [6.45, 7) is 2.09. The van der Waals surface area contributed by atoms with Gasteiger partial charge in [0.1, 0.15) is 24.6 Å². The maximum absolute atomic E-state index is 7.16. The van der Waals surface area contributed by atoms with Crippen LogP contribution < -0.4 is 4.74 Å². The van der Waals surface area contributed by atoms with E-state index >= 15 is 0 Å². The van der Waals surface area contributed by atoms with E-state index in [2.05, 4.69) is 84.9 Å². The van der Waals surface area contributed by atoms with E-state index in [1.165, 1.54) is 15.0 Å². The Bertz CT molecular complexity index is 2230. The van der Waals surface area contributed by atoms with Gasteiger partial charge >= 0.3 is 0 Å². The van der Waals surface area contributed by atoms with Gasteiger partial charge in [-0.15, -0.1) is 11.3 Å². The molecule has 0 N–H and O–H groups in total. The van der Waals surface area contributed by atoms with E-state index in [0.717, 1.165) is 33.4 Å². The molecule has 0 saturated carbocycles. The second-order valence-corrected chi connectivity index (χ2v) is 15.8. The van der Waals surface area contributed by atoms with E-state index in [1.807, 2.05) is 78.9 Å². The fraction of sp³-hybridized carbons (Fsp3) is 0.224. The lowest BCUT2D eigenvalue weighted by molar-refractivity contribution is -0.219. The average molecular weight is 781 g/mol. The second-order valence-electron chi connectivity index (χ2n) is 14.2. The second kappa shape index (κ2) is 18.9. The van der Waals surface area contributed by atoms with E-state index in [0.29, 0.717) is 56.6 Å². The van der Waals surface area contributed by atoms with Crippen molar-refractivity contribution in [2.24, 2.45) is 0 Å². The van der Waals surface area contributed by atoms with Crippen molar-refractivity contribution in [2.75, 3.05) is 6.61 Å². The van der Waals surface area contributed by atoms with Crippen LogP contribution in [-0.4, -0.2) is 24.9 Å². The van der Waals surface area contributed by atoms with Crippen molar-refractivity contribution in [1.29, 1.82) is 0 Å². The molecule has 284 valence electrons. The summed E-state index contributed by atoms with van der Waals surface area (Å²) in [4.78, 5) is 1.23. The van der Waals surface area contributed by atoms with Crippen LogP contribution in [0.2, 0.25) is 5.02 Å². The first kappa shape index (κ1) is 38.1. The Kier molecular flexibility index (Phi) is 12.9. The highest BCUT2D eigenvalue weighted by atomic mass is 35.5. The van der Waals surface area contributed by atoms with Gasteiger partial charge in [-0.05, 0) is 57.5 Å². The van der Waals surface area contributed by atoms with E-state index < -0.39 is 12.2 Å². The highest BCUT2D eigenvalue weighted by Gasteiger charge is 2.43. The summed E-state index contributed by atoms with van der Waals surface area (Å²) < 4.78 is 35.2. The fourth-order valence-corrected chi connectivity index (χ4v) is 8.53. The van der Waals surface area contributed by atoms with Gasteiger partial charge in [0.15, 0.2) is 0 Å². The molecule has 4 atom stereocenters. The zero-order valence-corrected chi connectivity index (χ0v) is 32.7. The van der Waals surface area contributed by atoms with E-state index in [9.17, 15) is 0 Å². The van der Waals surface area contributed by atoms with Crippen LogP contribution in [0, 0.1) is 0 Å². The predicted molar refractivity (Wildman–Crippen MR) is 225 cm³/mol. The van der Waals surface area contributed by atoms with Gasteiger partial charge in [-0.25, -0.2) is 0 Å². The number of hydrogen-bond donors (Lipinski definition) is 0. The van der Waals surface area contributed by atoms with Crippen molar-refractivity contribution in [3.8, 4) is 5.75 Å². The Morgan fingerprint density at radius 1 is 0.607 bits per heavy atom. The van der Waals surface area contributed by atoms with Crippen molar-refractivity contribution < 1.29 is 23.7 Å². The van der Waals surface area contributed by atoms with Crippen molar-refractivity contribution in [3.05, 3.63) is 207 Å². The molecule has 0 amide bonds. The maximum atomic E-state index is 7.16. The quantitative estimate of drug-likeness (QED) is 0.0977. The molecule has 1 aliphatic rings. The number of fused-ring (bicyclic) bond motifs is 1. The highest BCUT2D eigenvalue weighted by molar-refractivity contribution is 7.19. The fourth-order valence-electron chi connectivity index (χ4n) is 7.22. The molecule has 1 saturated heterocycles. The first-order chi connectivity index (χ1) is 27.6. The standard InChI is InChI=1S/C49H45ClO5S/c50-44-29-45(52-31-36-17-7-2-8-18-36)43(27-40(44)26-42-25-39-23-13-14-24-47(39)56-42)48-49(54-33-38-21-11-4-12-22-38)46(53-32-37-19-9-3-10-20-37)28-41(55-48)34-51-30-35-15-5-1-6-16-35/h1-25,27,29,41,46,48-49H,26,28,30-34H2/t41-,46-,48-,49-/m0/s1. The summed E-state index contributed by atoms with van der Waals surface area (Å²) >= 11 is 8.95. The Morgan fingerprint density at radius 2 is 1.18 bits per heavy atom. The smallest absolute Gasteiger partial charge is 0.127 e. The van der Waals surface area contributed by atoms with Gasteiger partial charge in [-0.3, -0.25) is 0 Å². The largest absolute Gasteiger partial charge is 0.488 e. The maximum Gasteiger partial charge on any atom is 0.127 e. The number of halogens is 1. The molecule has 0 spiro atoms. The van der Waals surface area contributed by atoms with Gasteiger partial charge in [0.25, 0.3) is 0 Å². The molecule has 7 aromatic rings. The molecule has 1 aliphatic heterocycles. The molecule has 0 unspecified atom stereocenters. The van der Waals surface area contributed by atoms with Gasteiger partial charge < -0.3 is 23.7 Å². The molecule has 5 nitrogen and oxygen atoms in total. The van der Waals surface area contributed by atoms with E-state index in [1.54, 1.807) is 11.3 Å². The minimum atomic E-state index is -0.553. The van der Waals surface area contributed by atoms with Gasteiger partial charge in [-0.1, -0.05) is 151 Å². The third-order valence-electron chi connectivity index (χ3n) is 10.1. The predicted octanol–water partition coefficient (Wildman–Crippen LogP) is 11.9. The summed E-state index contributed by atoms with van der Waals surface area (Å²) in [6.07, 6.45) is -0.342. The minimum absolute atomic E-state index is 0.273. The third kappa shape index (κ3) is 9.95. The van der Waals surface area contributed by atoms with E-state index in [-0.39, 0.29) is 12.2 Å². The lowest BCUT2D eigenvalue weighted by Crippen LogP contribution is -2.47. The van der Waals surface area contributed by atoms with Crippen molar-refractivity contribution >= 4 is 33.0 Å². The molecular formula is C49H45ClO5S. The number of rotatable bonds is 16. The zero-order valence-electron chi connectivity index (χ0n) is 31.2. The van der Waals surface area contributed by atoms with Crippen LogP contribution in [0.4, 0.5) is 0 Å². The Hall–Kier alpha value is -4.79. The molecule has 7 heteroatoms. The van der Waals surface area contributed by atoms with Crippen LogP contribution in [0.5, 0.6) is 5.75 Å². The van der Waals surface area contributed by atoms with Gasteiger partial charge in [0.05, 0.1) is 38.6 Å². The lowest BCUT2D eigenvalue weighted by atomic mass is 9.90. The normalized spacial score (nSPS) is 18.2. The summed E-state index contributed by atoms with van der Waals surface area (Å²) in [5, 5.41) is 1.87.